The molecule has 1 aliphatic carbocycles. The molecule has 0 spiro atoms. The minimum atomic E-state index is -0.898. The summed E-state index contributed by atoms with van der Waals surface area (Å²) >= 11 is 0. The lowest BCUT2D eigenvalue weighted by Gasteiger charge is -2.37. The van der Waals surface area contributed by atoms with E-state index >= 15 is 0 Å². The summed E-state index contributed by atoms with van der Waals surface area (Å²) in [5.74, 6) is 2.33. The molecule has 2 fully saturated rings. The van der Waals surface area contributed by atoms with Gasteiger partial charge >= 0.3 is 5.97 Å². The van der Waals surface area contributed by atoms with Gasteiger partial charge in [0.2, 0.25) is 0 Å². The van der Waals surface area contributed by atoms with Gasteiger partial charge in [-0.1, -0.05) is 125 Å². The van der Waals surface area contributed by atoms with Gasteiger partial charge in [0.15, 0.2) is 0 Å². The number of aryl methyl sites for hydroxylation is 3. The van der Waals surface area contributed by atoms with Crippen LogP contribution in [0.4, 0.5) is 10.1 Å². The molecule has 334 valence electrons. The normalized spacial score (nSPS) is 18.3. The number of halogens is 1. The minimum absolute atomic E-state index is 0.0962. The molecule has 3 aromatic rings. The van der Waals surface area contributed by atoms with Gasteiger partial charge in [0, 0.05) is 17.9 Å². The number of benzene rings is 3. The monoisotopic (exact) mass is 829 g/mol. The van der Waals surface area contributed by atoms with Crippen LogP contribution in [0.15, 0.2) is 59.6 Å². The van der Waals surface area contributed by atoms with E-state index in [1.54, 1.807) is 30.3 Å². The van der Waals surface area contributed by atoms with Crippen LogP contribution in [-0.4, -0.2) is 29.5 Å². The van der Waals surface area contributed by atoms with Gasteiger partial charge in [-0.3, -0.25) is 4.99 Å². The Bertz CT molecular complexity index is 1750. The van der Waals surface area contributed by atoms with Crippen LogP contribution < -0.4 is 4.74 Å². The van der Waals surface area contributed by atoms with Crippen LogP contribution in [0.1, 0.15) is 185 Å². The first kappa shape index (κ1) is 54.0. The number of rotatable bonds is 15. The standard InChI is InChI=1S/C21H24FNO.C15H21NO2.C7H14O.C5H10.C5H12/c1-6-16(4)21(5,18-11-10-17(13-23)12-19(18)22)24-20-14(2)8-7-9-15(20)3;1-5-10(2)8-12(4)16-14-7-6-13(15(17)18)9-11(14)3;1-2-3-4-7-5-6-8-7;1-4-3-5(4)2;1-3-5-4-2/h7-12,16H,6H2,1-5H3;6-7,9-10H,5,8H2,1-4H3,(H,17,18);7H,2-6H2,1H3;4-5H,3H2,1-2H3;3-5H2,1-2H3/t;;7-;;/m..1../s1. The number of unbranched alkanes of at least 4 members (excludes halogenated alkanes) is 3. The molecule has 1 heterocycles. The average molecular weight is 829 g/mol. The summed E-state index contributed by atoms with van der Waals surface area (Å²) < 4.78 is 26.4. The second kappa shape index (κ2) is 28.5. The van der Waals surface area contributed by atoms with Crippen molar-refractivity contribution < 1.29 is 23.8 Å². The van der Waals surface area contributed by atoms with Gasteiger partial charge in [0.1, 0.15) is 17.2 Å². The second-order valence-corrected chi connectivity index (χ2v) is 17.4. The van der Waals surface area contributed by atoms with Crippen LogP contribution in [-0.2, 0) is 10.3 Å². The largest absolute Gasteiger partial charge is 0.482 e. The number of nitrogens with zero attached hydrogens (tertiary/aromatic N) is 2. The number of aromatic carboxylic acids is 1. The zero-order chi connectivity index (χ0) is 45.4. The maximum absolute atomic E-state index is 14.7. The SMILES string of the molecule is CC1CC1C.CCC(C)C(C)(Oc1c(C)cccc1C)c1ccc(C#N)cc1F.CCC(C)CC(C)=Nc1ccc(C(=O)O)cc1C.CCCCC.CCCC[C@@H]1CCO1. The third kappa shape index (κ3) is 19.1. The highest BCUT2D eigenvalue weighted by atomic mass is 19.1. The fourth-order valence-corrected chi connectivity index (χ4v) is 6.59. The zero-order valence-electron chi connectivity index (χ0n) is 40.0. The maximum Gasteiger partial charge on any atom is 0.335 e. The Balaban J connectivity index is 0.000000432. The predicted molar refractivity (Wildman–Crippen MR) is 251 cm³/mol. The highest BCUT2D eigenvalue weighted by Gasteiger charge is 2.38. The first-order valence-corrected chi connectivity index (χ1v) is 22.9. The van der Waals surface area contributed by atoms with Crippen molar-refractivity contribution >= 4 is 17.4 Å². The first-order chi connectivity index (χ1) is 28.4. The van der Waals surface area contributed by atoms with Crippen molar-refractivity contribution in [2.75, 3.05) is 6.61 Å². The molecule has 1 saturated heterocycles. The summed E-state index contributed by atoms with van der Waals surface area (Å²) in [4.78, 5) is 15.4. The Morgan fingerprint density at radius 2 is 1.52 bits per heavy atom. The van der Waals surface area contributed by atoms with Gasteiger partial charge in [-0.2, -0.15) is 5.26 Å². The summed E-state index contributed by atoms with van der Waals surface area (Å²) in [6.45, 7) is 30.6. The van der Waals surface area contributed by atoms with Gasteiger partial charge in [-0.05, 0) is 137 Å². The van der Waals surface area contributed by atoms with Gasteiger partial charge in [-0.25, -0.2) is 9.18 Å². The molecule has 5 unspecified atom stereocenters. The third-order valence-corrected chi connectivity index (χ3v) is 11.9. The lowest BCUT2D eigenvalue weighted by molar-refractivity contribution is -0.0553. The minimum Gasteiger partial charge on any atom is -0.482 e. The molecule has 2 aliphatic rings. The van der Waals surface area contributed by atoms with E-state index in [-0.39, 0.29) is 5.92 Å². The number of hydrogen-bond donors (Lipinski definition) is 1. The molecule has 60 heavy (non-hydrogen) atoms. The van der Waals surface area contributed by atoms with E-state index in [1.165, 1.54) is 57.4 Å². The molecular formula is C53H81FN2O4. The number of aliphatic imine (C=N–C) groups is 1. The molecule has 5 rings (SSSR count). The van der Waals surface area contributed by atoms with Crippen LogP contribution in [0.5, 0.6) is 5.75 Å². The predicted octanol–water partition coefficient (Wildman–Crippen LogP) is 15.7. The number of carboxylic acids is 1. The van der Waals surface area contributed by atoms with Gasteiger partial charge in [0.25, 0.3) is 0 Å². The molecule has 3 aromatic carbocycles. The molecule has 0 amide bonds. The van der Waals surface area contributed by atoms with Gasteiger partial charge < -0.3 is 14.6 Å². The summed E-state index contributed by atoms with van der Waals surface area (Å²) in [7, 11) is 0. The Morgan fingerprint density at radius 1 is 0.933 bits per heavy atom. The Kier molecular flexibility index (Phi) is 25.6. The molecule has 7 heteroatoms. The lowest BCUT2D eigenvalue weighted by atomic mass is 9.81. The van der Waals surface area contributed by atoms with E-state index in [2.05, 4.69) is 67.3 Å². The number of para-hydroxylation sites is 1. The second-order valence-electron chi connectivity index (χ2n) is 17.4. The summed E-state index contributed by atoms with van der Waals surface area (Å²) in [6.07, 6.45) is 14.4. The van der Waals surface area contributed by atoms with Crippen molar-refractivity contribution in [2.24, 2.45) is 28.7 Å². The van der Waals surface area contributed by atoms with Gasteiger partial charge in [0.05, 0.1) is 29.0 Å². The van der Waals surface area contributed by atoms with E-state index in [0.717, 1.165) is 71.5 Å². The van der Waals surface area contributed by atoms with Crippen molar-refractivity contribution in [1.29, 1.82) is 5.26 Å². The molecule has 1 saturated carbocycles. The highest BCUT2D eigenvalue weighted by molar-refractivity contribution is 5.89. The number of hydrogen-bond acceptors (Lipinski definition) is 5. The summed E-state index contributed by atoms with van der Waals surface area (Å²) in [5.41, 5.74) is 5.20. The fraction of sp³-hybridized carbons (Fsp3) is 0.604. The Labute approximate surface area is 365 Å². The number of nitriles is 1. The van der Waals surface area contributed by atoms with Crippen molar-refractivity contribution in [2.45, 2.75) is 179 Å². The van der Waals surface area contributed by atoms with E-state index in [1.807, 2.05) is 58.9 Å². The molecule has 1 N–H and O–H groups in total. The first-order valence-electron chi connectivity index (χ1n) is 22.9. The summed E-state index contributed by atoms with van der Waals surface area (Å²) in [6, 6.07) is 17.6. The summed E-state index contributed by atoms with van der Waals surface area (Å²) in [5, 5.41) is 17.9. The van der Waals surface area contributed by atoms with Crippen molar-refractivity contribution in [3.8, 4) is 11.8 Å². The van der Waals surface area contributed by atoms with E-state index < -0.39 is 17.4 Å². The van der Waals surface area contributed by atoms with Crippen LogP contribution in [0, 0.1) is 61.6 Å². The number of ether oxygens (including phenoxy) is 2. The maximum atomic E-state index is 14.7. The highest BCUT2D eigenvalue weighted by Crippen LogP contribution is 2.40. The molecule has 1 aliphatic heterocycles. The topological polar surface area (TPSA) is 91.9 Å². The molecule has 6 nitrogen and oxygen atoms in total. The average Bonchev–Trinajstić information content (AvgIpc) is 3.87. The van der Waals surface area contributed by atoms with Crippen molar-refractivity contribution in [1.82, 2.24) is 0 Å². The van der Waals surface area contributed by atoms with Crippen molar-refractivity contribution in [3.63, 3.8) is 0 Å². The molecule has 6 atom stereocenters. The van der Waals surface area contributed by atoms with Crippen LogP contribution >= 0.6 is 0 Å². The Morgan fingerprint density at radius 3 is 1.92 bits per heavy atom. The van der Waals surface area contributed by atoms with Crippen molar-refractivity contribution in [3.05, 3.63) is 93.8 Å². The molecular weight excluding hydrogens is 748 g/mol. The fourth-order valence-electron chi connectivity index (χ4n) is 6.59. The Hall–Kier alpha value is -4.02. The number of carboxylic acid groups (broad SMARTS) is 1. The van der Waals surface area contributed by atoms with Crippen LogP contribution in [0.25, 0.3) is 0 Å². The van der Waals surface area contributed by atoms with Gasteiger partial charge in [-0.15, -0.1) is 0 Å². The molecule has 0 aromatic heterocycles. The quantitative estimate of drug-likeness (QED) is 0.154. The smallest absolute Gasteiger partial charge is 0.335 e. The lowest BCUT2D eigenvalue weighted by Crippen LogP contribution is -2.38. The van der Waals surface area contributed by atoms with E-state index in [0.29, 0.717) is 28.7 Å². The van der Waals surface area contributed by atoms with Crippen LogP contribution in [0.3, 0.4) is 0 Å². The molecule has 0 radical (unpaired) electrons. The number of carbonyl (C=O) groups is 1. The van der Waals surface area contributed by atoms with Crippen LogP contribution in [0.2, 0.25) is 0 Å². The zero-order valence-corrected chi connectivity index (χ0v) is 40.0. The molecule has 0 bridgehead atoms. The third-order valence-electron chi connectivity index (χ3n) is 11.9. The van der Waals surface area contributed by atoms with E-state index in [4.69, 9.17) is 19.8 Å². The van der Waals surface area contributed by atoms with E-state index in [9.17, 15) is 9.18 Å².